The smallest absolute Gasteiger partial charge is 0.261 e. The third-order valence-electron chi connectivity index (χ3n) is 5.12. The van der Waals surface area contributed by atoms with Crippen molar-refractivity contribution in [2.75, 3.05) is 13.1 Å². The van der Waals surface area contributed by atoms with E-state index in [9.17, 15) is 9.59 Å². The van der Waals surface area contributed by atoms with Crippen LogP contribution in [0.3, 0.4) is 0 Å². The highest BCUT2D eigenvalue weighted by atomic mass is 16.1. The van der Waals surface area contributed by atoms with Crippen molar-refractivity contribution < 1.29 is 4.79 Å². The van der Waals surface area contributed by atoms with Gasteiger partial charge in [-0.15, -0.1) is 0 Å². The second-order valence-electron chi connectivity index (χ2n) is 6.99. The summed E-state index contributed by atoms with van der Waals surface area (Å²) in [4.78, 5) is 29.1. The zero-order valence-corrected chi connectivity index (χ0v) is 15.5. The molecule has 1 aliphatic rings. The van der Waals surface area contributed by atoms with Crippen LogP contribution < -0.4 is 21.7 Å². The van der Waals surface area contributed by atoms with E-state index < -0.39 is 0 Å². The number of aryl methyl sites for hydroxylation is 1. The molecule has 1 aliphatic heterocycles. The van der Waals surface area contributed by atoms with Gasteiger partial charge in [0.25, 0.3) is 5.56 Å². The highest BCUT2D eigenvalue weighted by Gasteiger charge is 2.28. The molecule has 7 nitrogen and oxygen atoms in total. The predicted molar refractivity (Wildman–Crippen MR) is 107 cm³/mol. The number of hydrogen-bond acceptors (Lipinski definition) is 5. The van der Waals surface area contributed by atoms with Gasteiger partial charge in [0.05, 0.1) is 23.3 Å². The summed E-state index contributed by atoms with van der Waals surface area (Å²) in [6.07, 6.45) is 1.75. The number of hydrazine groups is 1. The number of hydrogen-bond donors (Lipinski definition) is 3. The second kappa shape index (κ2) is 8.33. The minimum absolute atomic E-state index is 0.0706. The molecule has 7 heteroatoms. The predicted octanol–water partition coefficient (Wildman–Crippen LogP) is 1.37. The third kappa shape index (κ3) is 3.95. The zero-order valence-electron chi connectivity index (χ0n) is 15.5. The summed E-state index contributed by atoms with van der Waals surface area (Å²) in [7, 11) is 0. The Morgan fingerprint density at radius 2 is 1.93 bits per heavy atom. The highest BCUT2D eigenvalue weighted by molar-refractivity contribution is 5.77. The molecule has 0 saturated carbocycles. The van der Waals surface area contributed by atoms with Gasteiger partial charge in [-0.05, 0) is 17.7 Å². The van der Waals surface area contributed by atoms with E-state index in [0.29, 0.717) is 24.0 Å². The van der Waals surface area contributed by atoms with Crippen LogP contribution in [0.2, 0.25) is 0 Å². The lowest BCUT2D eigenvalue weighted by Crippen LogP contribution is -2.34. The van der Waals surface area contributed by atoms with E-state index in [1.165, 1.54) is 16.5 Å². The van der Waals surface area contributed by atoms with Crippen LogP contribution >= 0.6 is 0 Å². The number of fused-ring (bicyclic) bond motifs is 1. The summed E-state index contributed by atoms with van der Waals surface area (Å²) in [5.74, 6) is 0.190. The van der Waals surface area contributed by atoms with Crippen molar-refractivity contribution in [3.05, 3.63) is 76.8 Å². The Kier molecular flexibility index (Phi) is 5.45. The quantitative estimate of drug-likeness (QED) is 0.604. The molecule has 0 radical (unpaired) electrons. The Morgan fingerprint density at radius 1 is 1.14 bits per heavy atom. The Bertz CT molecular complexity index is 1020. The number of carbonyl (C=O) groups excluding carboxylic acids is 1. The molecule has 2 unspecified atom stereocenters. The van der Waals surface area contributed by atoms with Gasteiger partial charge in [0.15, 0.2) is 0 Å². The molecule has 3 aromatic rings. The minimum atomic E-state index is -0.119. The first-order chi connectivity index (χ1) is 13.7. The van der Waals surface area contributed by atoms with Crippen molar-refractivity contribution in [2.45, 2.75) is 19.0 Å². The molecule has 144 valence electrons. The van der Waals surface area contributed by atoms with Crippen molar-refractivity contribution >= 4 is 16.8 Å². The Labute approximate surface area is 162 Å². The number of para-hydroxylation sites is 1. The van der Waals surface area contributed by atoms with E-state index >= 15 is 0 Å². The van der Waals surface area contributed by atoms with Gasteiger partial charge in [0.1, 0.15) is 0 Å². The largest absolute Gasteiger partial charge is 0.356 e. The Hall–Kier alpha value is -3.03. The van der Waals surface area contributed by atoms with Crippen LogP contribution in [0.1, 0.15) is 18.0 Å². The van der Waals surface area contributed by atoms with Gasteiger partial charge in [-0.2, -0.15) is 0 Å². The molecule has 28 heavy (non-hydrogen) atoms. The van der Waals surface area contributed by atoms with Crippen LogP contribution in [-0.4, -0.2) is 28.5 Å². The third-order valence-corrected chi connectivity index (χ3v) is 5.12. The summed E-state index contributed by atoms with van der Waals surface area (Å²) in [6, 6.07) is 17.6. The number of amides is 1. The molecule has 0 aliphatic carbocycles. The van der Waals surface area contributed by atoms with E-state index in [0.717, 1.165) is 6.54 Å². The first-order valence-corrected chi connectivity index (χ1v) is 9.46. The van der Waals surface area contributed by atoms with Gasteiger partial charge < -0.3 is 5.32 Å². The first-order valence-electron chi connectivity index (χ1n) is 9.46. The van der Waals surface area contributed by atoms with Crippen LogP contribution in [0.5, 0.6) is 0 Å². The number of nitrogens with one attached hydrogen (secondary N) is 3. The SMILES string of the molecule is O=C(CCn1cnc2ccccc2c1=O)NCC1CNNC1c1ccccc1. The number of nitrogens with zero attached hydrogens (tertiary/aromatic N) is 2. The second-order valence-corrected chi connectivity index (χ2v) is 6.99. The van der Waals surface area contributed by atoms with Gasteiger partial charge in [-0.25, -0.2) is 10.4 Å². The fourth-order valence-corrected chi connectivity index (χ4v) is 3.56. The summed E-state index contributed by atoms with van der Waals surface area (Å²) < 4.78 is 1.49. The molecule has 0 bridgehead atoms. The molecular formula is C21H23N5O2. The van der Waals surface area contributed by atoms with E-state index in [1.54, 1.807) is 12.1 Å². The lowest BCUT2D eigenvalue weighted by atomic mass is 9.95. The van der Waals surface area contributed by atoms with Crippen LogP contribution in [0.15, 0.2) is 65.7 Å². The Morgan fingerprint density at radius 3 is 2.79 bits per heavy atom. The van der Waals surface area contributed by atoms with Crippen LogP contribution in [0.25, 0.3) is 10.9 Å². The van der Waals surface area contributed by atoms with Crippen LogP contribution in [0.4, 0.5) is 0 Å². The van der Waals surface area contributed by atoms with Crippen LogP contribution in [-0.2, 0) is 11.3 Å². The fourth-order valence-electron chi connectivity index (χ4n) is 3.56. The van der Waals surface area contributed by atoms with Crippen molar-refractivity contribution in [1.82, 2.24) is 25.7 Å². The lowest BCUT2D eigenvalue weighted by Gasteiger charge is -2.19. The van der Waals surface area contributed by atoms with Gasteiger partial charge in [0, 0.05) is 32.0 Å². The van der Waals surface area contributed by atoms with E-state index in [-0.39, 0.29) is 29.8 Å². The van der Waals surface area contributed by atoms with Gasteiger partial charge in [0.2, 0.25) is 5.91 Å². The molecule has 3 N–H and O–H groups in total. The summed E-state index contributed by atoms with van der Waals surface area (Å²) >= 11 is 0. The maximum atomic E-state index is 12.5. The molecule has 2 atom stereocenters. The zero-order chi connectivity index (χ0) is 19.3. The number of benzene rings is 2. The molecule has 2 aromatic carbocycles. The van der Waals surface area contributed by atoms with Gasteiger partial charge in [-0.1, -0.05) is 42.5 Å². The average molecular weight is 377 g/mol. The normalized spacial score (nSPS) is 19.0. The lowest BCUT2D eigenvalue weighted by molar-refractivity contribution is -0.121. The van der Waals surface area contributed by atoms with E-state index in [1.807, 2.05) is 30.3 Å². The topological polar surface area (TPSA) is 88.0 Å². The van der Waals surface area contributed by atoms with E-state index in [2.05, 4.69) is 33.3 Å². The van der Waals surface area contributed by atoms with Crippen molar-refractivity contribution in [1.29, 1.82) is 0 Å². The molecule has 4 rings (SSSR count). The minimum Gasteiger partial charge on any atom is -0.356 e. The Balaban J connectivity index is 1.33. The van der Waals surface area contributed by atoms with Crippen molar-refractivity contribution in [2.24, 2.45) is 5.92 Å². The fraction of sp³-hybridized carbons (Fsp3) is 0.286. The summed E-state index contributed by atoms with van der Waals surface area (Å²) in [5, 5.41) is 3.57. The number of rotatable bonds is 6. The monoisotopic (exact) mass is 377 g/mol. The molecule has 1 fully saturated rings. The molecule has 1 amide bonds. The molecule has 1 aromatic heterocycles. The molecule has 2 heterocycles. The molecule has 0 spiro atoms. The van der Waals surface area contributed by atoms with Gasteiger partial charge >= 0.3 is 0 Å². The summed E-state index contributed by atoms with van der Waals surface area (Å²) in [6.45, 7) is 1.67. The first kappa shape index (κ1) is 18.3. The number of carbonyl (C=O) groups is 1. The number of aromatic nitrogens is 2. The highest BCUT2D eigenvalue weighted by Crippen LogP contribution is 2.23. The molecule has 1 saturated heterocycles. The maximum Gasteiger partial charge on any atom is 0.261 e. The van der Waals surface area contributed by atoms with Crippen LogP contribution in [0, 0.1) is 5.92 Å². The summed E-state index contributed by atoms with van der Waals surface area (Å²) in [5.41, 5.74) is 8.19. The van der Waals surface area contributed by atoms with Crippen molar-refractivity contribution in [3.8, 4) is 0 Å². The molecular weight excluding hydrogens is 354 g/mol. The van der Waals surface area contributed by atoms with E-state index in [4.69, 9.17) is 0 Å². The maximum absolute atomic E-state index is 12.5. The van der Waals surface area contributed by atoms with Crippen molar-refractivity contribution in [3.63, 3.8) is 0 Å². The van der Waals surface area contributed by atoms with Gasteiger partial charge in [-0.3, -0.25) is 19.6 Å². The average Bonchev–Trinajstić information content (AvgIpc) is 3.21. The standard InChI is InChI=1S/C21H23N5O2/c27-19(10-11-26-14-23-18-9-5-4-8-17(18)21(26)28)22-12-16-13-24-25-20(16)15-6-2-1-3-7-15/h1-9,14,16,20,24-25H,10-13H2,(H,22,27).